The number of esters is 4. The molecule has 108 heavy (non-hydrogen) atoms. The van der Waals surface area contributed by atoms with Gasteiger partial charge in [-0.05, 0) is 37.5 Å². The van der Waals surface area contributed by atoms with Gasteiger partial charge in [-0.2, -0.15) is 0 Å². The number of phosphoric ester groups is 2. The average molecular weight is 1580 g/mol. The van der Waals surface area contributed by atoms with Crippen LogP contribution in [0.1, 0.15) is 478 Å². The van der Waals surface area contributed by atoms with Crippen molar-refractivity contribution >= 4 is 39.5 Å². The summed E-state index contributed by atoms with van der Waals surface area (Å²) in [6.07, 6.45) is 73.8. The highest BCUT2D eigenvalue weighted by molar-refractivity contribution is 7.47. The molecule has 0 aromatic heterocycles. The summed E-state index contributed by atoms with van der Waals surface area (Å²) in [6.45, 7) is 9.68. The summed E-state index contributed by atoms with van der Waals surface area (Å²) in [5.41, 5.74) is 0. The number of hydrogen-bond donors (Lipinski definition) is 3. The predicted octanol–water partition coefficient (Wildman–Crippen LogP) is 27.4. The number of ether oxygens (including phenoxy) is 4. The van der Waals surface area contributed by atoms with Gasteiger partial charge in [-0.3, -0.25) is 37.3 Å². The number of phosphoric acid groups is 2. The molecule has 0 amide bonds. The van der Waals surface area contributed by atoms with E-state index in [9.17, 15) is 43.2 Å². The molecule has 0 aromatic carbocycles. The van der Waals surface area contributed by atoms with E-state index in [1.54, 1.807) is 0 Å². The van der Waals surface area contributed by atoms with Crippen LogP contribution in [-0.2, 0) is 65.4 Å². The van der Waals surface area contributed by atoms with E-state index in [0.29, 0.717) is 25.7 Å². The number of carbonyl (C=O) groups excluding carboxylic acids is 4. The van der Waals surface area contributed by atoms with Crippen molar-refractivity contribution in [1.82, 2.24) is 0 Å². The molecule has 0 bridgehead atoms. The van der Waals surface area contributed by atoms with Crippen molar-refractivity contribution in [3.63, 3.8) is 0 Å². The van der Waals surface area contributed by atoms with Crippen molar-refractivity contribution in [2.45, 2.75) is 496 Å². The Bertz CT molecular complexity index is 2070. The normalized spacial score (nSPS) is 14.0. The van der Waals surface area contributed by atoms with Crippen LogP contribution in [0.5, 0.6) is 0 Å². The van der Waals surface area contributed by atoms with Crippen LogP contribution in [0.25, 0.3) is 0 Å². The monoisotopic (exact) mass is 1580 g/mol. The molecular formula is C89H174O17P2. The molecule has 0 rings (SSSR count). The smallest absolute Gasteiger partial charge is 0.462 e. The summed E-state index contributed by atoms with van der Waals surface area (Å²) in [5.74, 6) is -0.557. The molecule has 0 saturated carbocycles. The van der Waals surface area contributed by atoms with Gasteiger partial charge < -0.3 is 33.8 Å². The number of aliphatic hydroxyl groups excluding tert-OH is 1. The summed E-state index contributed by atoms with van der Waals surface area (Å²) in [7, 11) is -9.93. The maximum absolute atomic E-state index is 13.2. The number of hydrogen-bond acceptors (Lipinski definition) is 15. The molecule has 0 aliphatic carbocycles. The molecule has 3 N–H and O–H groups in total. The molecule has 0 aliphatic heterocycles. The molecule has 6 atom stereocenters. The van der Waals surface area contributed by atoms with Crippen LogP contribution >= 0.6 is 15.6 Å². The van der Waals surface area contributed by atoms with E-state index in [1.165, 1.54) is 289 Å². The molecule has 0 fully saturated rings. The molecule has 3 unspecified atom stereocenters. The standard InChI is InChI=1S/C89H174O17P2/c1-7-10-12-14-16-18-20-22-24-26-28-29-30-32-38-42-46-50-54-62-67-73-88(93)105-84(77-99-86(91)71-65-59-52-48-44-40-36-34-33-35-39-43-47-51-57-63-69-81(4)5)79-103-107(95,96)101-75-83(90)76-102-108(97,98)104-80-85(78-100-87(92)72-66-60-56-55-58-64-70-82(6)9-3)106-89(94)74-68-61-53-49-45-41-37-31-27-25-23-21-19-17-15-13-11-8-2/h81-85,90H,7-80H2,1-6H3,(H,95,96)(H,97,98)/t82?,83-,84-,85-/m1/s1. The number of carbonyl (C=O) groups is 4. The van der Waals surface area contributed by atoms with Crippen LogP contribution in [0.4, 0.5) is 0 Å². The highest BCUT2D eigenvalue weighted by Crippen LogP contribution is 2.45. The van der Waals surface area contributed by atoms with Gasteiger partial charge in [0, 0.05) is 25.7 Å². The van der Waals surface area contributed by atoms with Crippen LogP contribution in [0, 0.1) is 11.8 Å². The van der Waals surface area contributed by atoms with Gasteiger partial charge in [0.1, 0.15) is 19.3 Å². The second-order valence-corrected chi connectivity index (χ2v) is 35.6. The van der Waals surface area contributed by atoms with E-state index in [1.807, 2.05) is 0 Å². The lowest BCUT2D eigenvalue weighted by Crippen LogP contribution is -2.30. The van der Waals surface area contributed by atoms with Gasteiger partial charge in [0.2, 0.25) is 0 Å². The zero-order chi connectivity index (χ0) is 79.2. The van der Waals surface area contributed by atoms with Crippen LogP contribution in [-0.4, -0.2) is 96.7 Å². The predicted molar refractivity (Wildman–Crippen MR) is 446 cm³/mol. The lowest BCUT2D eigenvalue weighted by molar-refractivity contribution is -0.161. The molecule has 0 saturated heterocycles. The highest BCUT2D eigenvalue weighted by atomic mass is 31.2. The maximum Gasteiger partial charge on any atom is 0.472 e. The summed E-state index contributed by atoms with van der Waals surface area (Å²) in [6, 6.07) is 0. The minimum absolute atomic E-state index is 0.108. The second kappa shape index (κ2) is 80.3. The Morgan fingerprint density at radius 2 is 0.472 bits per heavy atom. The van der Waals surface area contributed by atoms with Crippen LogP contribution in [0.2, 0.25) is 0 Å². The van der Waals surface area contributed by atoms with Crippen molar-refractivity contribution in [1.29, 1.82) is 0 Å². The first kappa shape index (κ1) is 106. The van der Waals surface area contributed by atoms with E-state index >= 15 is 0 Å². The minimum atomic E-state index is -4.97. The first-order valence-electron chi connectivity index (χ1n) is 46.0. The van der Waals surface area contributed by atoms with Crippen molar-refractivity contribution < 1.29 is 80.2 Å². The first-order chi connectivity index (χ1) is 52.4. The van der Waals surface area contributed by atoms with Crippen molar-refractivity contribution in [3.05, 3.63) is 0 Å². The Kier molecular flexibility index (Phi) is 78.8. The molecule has 19 heteroatoms. The fourth-order valence-electron chi connectivity index (χ4n) is 13.9. The molecule has 642 valence electrons. The molecule has 17 nitrogen and oxygen atoms in total. The van der Waals surface area contributed by atoms with E-state index in [-0.39, 0.29) is 25.7 Å². The second-order valence-electron chi connectivity index (χ2n) is 32.7. The quantitative estimate of drug-likeness (QED) is 0.0222. The number of rotatable bonds is 88. The van der Waals surface area contributed by atoms with Gasteiger partial charge in [0.15, 0.2) is 12.2 Å². The average Bonchev–Trinajstić information content (AvgIpc) is 0.890. The lowest BCUT2D eigenvalue weighted by Gasteiger charge is -2.21. The molecule has 0 heterocycles. The van der Waals surface area contributed by atoms with Gasteiger partial charge in [0.05, 0.1) is 26.4 Å². The van der Waals surface area contributed by atoms with E-state index in [2.05, 4.69) is 41.5 Å². The van der Waals surface area contributed by atoms with Crippen LogP contribution in [0.15, 0.2) is 0 Å². The van der Waals surface area contributed by atoms with Crippen molar-refractivity contribution in [2.75, 3.05) is 39.6 Å². The third kappa shape index (κ3) is 80.7. The Morgan fingerprint density at radius 1 is 0.269 bits per heavy atom. The Labute approximate surface area is 664 Å². The fraction of sp³-hybridized carbons (Fsp3) is 0.955. The van der Waals surface area contributed by atoms with E-state index in [0.717, 1.165) is 108 Å². The minimum Gasteiger partial charge on any atom is -0.462 e. The SMILES string of the molecule is CCCCCCCCCCCCCCCCCCCCCCCC(=O)O[C@H](COC(=O)CCCCCCCCCCCCCCCCCCC(C)C)COP(=O)(O)OC[C@@H](O)COP(=O)(O)OC[C@@H](COC(=O)CCCCCCCCC(C)CC)OC(=O)CCCCCCCCCCCCCCCCCCCC. The van der Waals surface area contributed by atoms with Gasteiger partial charge >= 0.3 is 39.5 Å². The van der Waals surface area contributed by atoms with Gasteiger partial charge in [-0.1, -0.05) is 427 Å². The molecule has 0 aromatic rings. The Hall–Kier alpha value is -1.94. The van der Waals surface area contributed by atoms with Crippen molar-refractivity contribution in [2.24, 2.45) is 11.8 Å². The summed E-state index contributed by atoms with van der Waals surface area (Å²) in [4.78, 5) is 73.3. The molecular weight excluding hydrogens is 1400 g/mol. The zero-order valence-corrected chi connectivity index (χ0v) is 73.0. The third-order valence-corrected chi connectivity index (χ3v) is 23.2. The van der Waals surface area contributed by atoms with E-state index in [4.69, 9.17) is 37.0 Å². The summed E-state index contributed by atoms with van der Waals surface area (Å²) < 4.78 is 69.0. The van der Waals surface area contributed by atoms with Crippen molar-refractivity contribution in [3.8, 4) is 0 Å². The zero-order valence-electron chi connectivity index (χ0n) is 71.2. The fourth-order valence-corrected chi connectivity index (χ4v) is 15.5. The Balaban J connectivity index is 5.22. The van der Waals surface area contributed by atoms with Gasteiger partial charge in [-0.25, -0.2) is 9.13 Å². The highest BCUT2D eigenvalue weighted by Gasteiger charge is 2.31. The third-order valence-electron chi connectivity index (χ3n) is 21.3. The first-order valence-corrected chi connectivity index (χ1v) is 49.0. The largest absolute Gasteiger partial charge is 0.472 e. The maximum atomic E-state index is 13.2. The van der Waals surface area contributed by atoms with Crippen LogP contribution < -0.4 is 0 Å². The van der Waals surface area contributed by atoms with E-state index < -0.39 is 97.5 Å². The van der Waals surface area contributed by atoms with Gasteiger partial charge in [-0.15, -0.1) is 0 Å². The topological polar surface area (TPSA) is 237 Å². The molecule has 0 aliphatic rings. The molecule has 0 spiro atoms. The summed E-state index contributed by atoms with van der Waals surface area (Å²) >= 11 is 0. The van der Waals surface area contributed by atoms with Crippen LogP contribution in [0.3, 0.4) is 0 Å². The lowest BCUT2D eigenvalue weighted by atomic mass is 10.00. The molecule has 0 radical (unpaired) electrons. The van der Waals surface area contributed by atoms with Gasteiger partial charge in [0.25, 0.3) is 0 Å². The number of unbranched alkanes of at least 4 members (excludes halogenated alkanes) is 57. The number of aliphatic hydroxyl groups is 1. The Morgan fingerprint density at radius 3 is 0.704 bits per heavy atom. The summed E-state index contributed by atoms with van der Waals surface area (Å²) in [5, 5.41) is 10.7.